The average Bonchev–Trinajstić information content (AvgIpc) is 2.92. The lowest BCUT2D eigenvalue weighted by molar-refractivity contribution is -0.121. The summed E-state index contributed by atoms with van der Waals surface area (Å²) < 4.78 is 5.31. The predicted molar refractivity (Wildman–Crippen MR) is 146 cm³/mol. The van der Waals surface area contributed by atoms with E-state index in [-0.39, 0.29) is 5.91 Å². The van der Waals surface area contributed by atoms with Gasteiger partial charge in [0.2, 0.25) is 5.91 Å². The van der Waals surface area contributed by atoms with Gasteiger partial charge in [-0.3, -0.25) is 4.79 Å². The van der Waals surface area contributed by atoms with Gasteiger partial charge < -0.3 is 15.0 Å². The van der Waals surface area contributed by atoms with Gasteiger partial charge in [0.25, 0.3) is 0 Å². The number of ether oxygens (including phenoxy) is 1. The number of fused-ring (bicyclic) bond motifs is 1. The highest BCUT2D eigenvalue weighted by Gasteiger charge is 2.17. The van der Waals surface area contributed by atoms with Gasteiger partial charge in [0.15, 0.2) is 5.82 Å². The summed E-state index contributed by atoms with van der Waals surface area (Å²) in [6, 6.07) is 26.2. The highest BCUT2D eigenvalue weighted by atomic mass is 16.5. The third-order valence-electron chi connectivity index (χ3n) is 6.06. The highest BCUT2D eigenvalue weighted by molar-refractivity contribution is 5.91. The van der Waals surface area contributed by atoms with E-state index in [4.69, 9.17) is 14.7 Å². The smallest absolute Gasteiger partial charge is 0.221 e. The van der Waals surface area contributed by atoms with Crippen LogP contribution in [0.3, 0.4) is 0 Å². The zero-order valence-electron chi connectivity index (χ0n) is 21.3. The summed E-state index contributed by atoms with van der Waals surface area (Å²) in [5.74, 6) is 2.76. The van der Waals surface area contributed by atoms with Crippen LogP contribution in [0.15, 0.2) is 78.9 Å². The van der Waals surface area contributed by atoms with Gasteiger partial charge >= 0.3 is 0 Å². The van der Waals surface area contributed by atoms with Crippen molar-refractivity contribution in [3.8, 4) is 17.1 Å². The zero-order chi connectivity index (χ0) is 25.3. The van der Waals surface area contributed by atoms with Crippen LogP contribution in [0.2, 0.25) is 0 Å². The Morgan fingerprint density at radius 2 is 1.64 bits per heavy atom. The normalized spacial score (nSPS) is 11.0. The first kappa shape index (κ1) is 25.2. The number of benzene rings is 3. The Balaban J connectivity index is 1.68. The number of hydrogen-bond acceptors (Lipinski definition) is 5. The quantitative estimate of drug-likeness (QED) is 0.305. The molecule has 186 valence electrons. The van der Waals surface area contributed by atoms with Crippen LogP contribution in [0.4, 0.5) is 5.82 Å². The SMILES string of the molecule is COc1ccc(-c2nc(N(CCC(=O)NCC(C)C)CCc3ccccc3)c3ccccc3n2)cc1. The number of methoxy groups -OCH3 is 1. The molecule has 0 unspecified atom stereocenters. The third-order valence-corrected chi connectivity index (χ3v) is 6.06. The van der Waals surface area contributed by atoms with E-state index in [0.29, 0.717) is 31.3 Å². The second-order valence-corrected chi connectivity index (χ2v) is 9.29. The van der Waals surface area contributed by atoms with Gasteiger partial charge in [-0.25, -0.2) is 9.97 Å². The molecular formula is C30H34N4O2. The summed E-state index contributed by atoms with van der Waals surface area (Å²) in [4.78, 5) is 24.7. The molecule has 3 aromatic carbocycles. The van der Waals surface area contributed by atoms with Gasteiger partial charge in [0.05, 0.1) is 12.6 Å². The van der Waals surface area contributed by atoms with Gasteiger partial charge in [-0.05, 0) is 54.3 Å². The molecule has 1 amide bonds. The number of nitrogens with one attached hydrogen (secondary N) is 1. The first-order chi connectivity index (χ1) is 17.5. The van der Waals surface area contributed by atoms with E-state index in [0.717, 1.165) is 41.0 Å². The van der Waals surface area contributed by atoms with Crippen molar-refractivity contribution in [3.05, 3.63) is 84.4 Å². The average molecular weight is 483 g/mol. The minimum atomic E-state index is 0.0575. The first-order valence-corrected chi connectivity index (χ1v) is 12.5. The minimum absolute atomic E-state index is 0.0575. The second kappa shape index (κ2) is 12.2. The maximum atomic E-state index is 12.6. The van der Waals surface area contributed by atoms with E-state index in [1.807, 2.05) is 48.5 Å². The van der Waals surface area contributed by atoms with Crippen LogP contribution in [0.25, 0.3) is 22.3 Å². The van der Waals surface area contributed by atoms with Gasteiger partial charge in [-0.15, -0.1) is 0 Å². The molecule has 0 aliphatic carbocycles. The topological polar surface area (TPSA) is 67.3 Å². The number of nitrogens with zero attached hydrogens (tertiary/aromatic N) is 3. The maximum Gasteiger partial charge on any atom is 0.221 e. The molecule has 0 aliphatic rings. The predicted octanol–water partition coefficient (Wildman–Crippen LogP) is 5.52. The summed E-state index contributed by atoms with van der Waals surface area (Å²) >= 11 is 0. The van der Waals surface area contributed by atoms with Crippen molar-refractivity contribution >= 4 is 22.6 Å². The van der Waals surface area contributed by atoms with Crippen molar-refractivity contribution < 1.29 is 9.53 Å². The van der Waals surface area contributed by atoms with Crippen LogP contribution >= 0.6 is 0 Å². The molecule has 0 bridgehead atoms. The lowest BCUT2D eigenvalue weighted by atomic mass is 10.1. The number of hydrogen-bond donors (Lipinski definition) is 1. The van der Waals surface area contributed by atoms with Crippen molar-refractivity contribution in [3.63, 3.8) is 0 Å². The molecule has 36 heavy (non-hydrogen) atoms. The molecular weight excluding hydrogens is 448 g/mol. The number of aromatic nitrogens is 2. The maximum absolute atomic E-state index is 12.6. The molecule has 0 fully saturated rings. The summed E-state index contributed by atoms with van der Waals surface area (Å²) in [5, 5.41) is 4.01. The summed E-state index contributed by atoms with van der Waals surface area (Å²) in [6.45, 7) is 6.19. The molecule has 0 spiro atoms. The molecule has 0 saturated heterocycles. The number of amides is 1. The zero-order valence-corrected chi connectivity index (χ0v) is 21.3. The lowest BCUT2D eigenvalue weighted by Crippen LogP contribution is -2.34. The van der Waals surface area contributed by atoms with Crippen LogP contribution in [0.1, 0.15) is 25.8 Å². The van der Waals surface area contributed by atoms with Gasteiger partial charge in [0.1, 0.15) is 11.6 Å². The van der Waals surface area contributed by atoms with E-state index in [1.165, 1.54) is 5.56 Å². The summed E-state index contributed by atoms with van der Waals surface area (Å²) in [5.41, 5.74) is 3.04. The number of carbonyl (C=O) groups is 1. The Kier molecular flexibility index (Phi) is 8.50. The summed E-state index contributed by atoms with van der Waals surface area (Å²) in [7, 11) is 1.65. The van der Waals surface area contributed by atoms with Crippen molar-refractivity contribution in [1.29, 1.82) is 0 Å². The fourth-order valence-electron chi connectivity index (χ4n) is 4.05. The van der Waals surface area contributed by atoms with Crippen molar-refractivity contribution in [2.45, 2.75) is 26.7 Å². The monoisotopic (exact) mass is 482 g/mol. The standard InChI is InChI=1S/C30H34N4O2/c1-22(2)21-31-28(35)18-20-34(19-17-23-9-5-4-6-10-23)30-26-11-7-8-12-27(26)32-29(33-30)24-13-15-25(36-3)16-14-24/h4-16,22H,17-21H2,1-3H3,(H,31,35). The number of carbonyl (C=O) groups excluding carboxylic acids is 1. The van der Waals surface area contributed by atoms with Crippen molar-refractivity contribution in [1.82, 2.24) is 15.3 Å². The highest BCUT2D eigenvalue weighted by Crippen LogP contribution is 2.29. The van der Waals surface area contributed by atoms with E-state index < -0.39 is 0 Å². The Morgan fingerprint density at radius 3 is 2.36 bits per heavy atom. The number of para-hydroxylation sites is 1. The third kappa shape index (κ3) is 6.60. The van der Waals surface area contributed by atoms with E-state index in [1.54, 1.807) is 7.11 Å². The van der Waals surface area contributed by atoms with Crippen molar-refractivity contribution in [2.75, 3.05) is 31.6 Å². The number of anilines is 1. The van der Waals surface area contributed by atoms with Gasteiger partial charge in [0, 0.05) is 37.0 Å². The fourth-order valence-corrected chi connectivity index (χ4v) is 4.05. The van der Waals surface area contributed by atoms with Gasteiger partial charge in [-0.2, -0.15) is 0 Å². The molecule has 0 atom stereocenters. The molecule has 1 heterocycles. The molecule has 4 aromatic rings. The molecule has 6 nitrogen and oxygen atoms in total. The molecule has 0 saturated carbocycles. The Labute approximate surface area is 213 Å². The number of rotatable bonds is 11. The van der Waals surface area contributed by atoms with E-state index >= 15 is 0 Å². The van der Waals surface area contributed by atoms with Crippen LogP contribution in [0, 0.1) is 5.92 Å². The molecule has 6 heteroatoms. The van der Waals surface area contributed by atoms with Crippen LogP contribution in [-0.4, -0.2) is 42.6 Å². The Morgan fingerprint density at radius 1 is 0.917 bits per heavy atom. The fraction of sp³-hybridized carbons (Fsp3) is 0.300. The molecule has 1 N–H and O–H groups in total. The Hall–Kier alpha value is -3.93. The Bertz CT molecular complexity index is 1270. The molecule has 4 rings (SSSR count). The minimum Gasteiger partial charge on any atom is -0.497 e. The molecule has 0 radical (unpaired) electrons. The van der Waals surface area contributed by atoms with Crippen molar-refractivity contribution in [2.24, 2.45) is 5.92 Å². The van der Waals surface area contributed by atoms with Crippen LogP contribution < -0.4 is 15.0 Å². The van der Waals surface area contributed by atoms with Gasteiger partial charge in [-0.1, -0.05) is 56.3 Å². The first-order valence-electron chi connectivity index (χ1n) is 12.5. The van der Waals surface area contributed by atoms with Crippen LogP contribution in [-0.2, 0) is 11.2 Å². The van der Waals surface area contributed by atoms with Crippen LogP contribution in [0.5, 0.6) is 5.75 Å². The molecule has 1 aromatic heterocycles. The second-order valence-electron chi connectivity index (χ2n) is 9.29. The summed E-state index contributed by atoms with van der Waals surface area (Å²) in [6.07, 6.45) is 1.25. The van der Waals surface area contributed by atoms with E-state index in [9.17, 15) is 4.79 Å². The molecule has 0 aliphatic heterocycles. The lowest BCUT2D eigenvalue weighted by Gasteiger charge is -2.25. The van der Waals surface area contributed by atoms with E-state index in [2.05, 4.69) is 54.4 Å². The largest absolute Gasteiger partial charge is 0.497 e.